The number of benzene rings is 2. The van der Waals surface area contributed by atoms with Gasteiger partial charge in [-0.1, -0.05) is 24.3 Å². The van der Waals surface area contributed by atoms with Gasteiger partial charge in [-0.05, 0) is 43.5 Å². The zero-order valence-corrected chi connectivity index (χ0v) is 12.2. The minimum absolute atomic E-state index is 0.261. The van der Waals surface area contributed by atoms with Crippen molar-refractivity contribution in [3.63, 3.8) is 0 Å². The monoisotopic (exact) mass is 274 g/mol. The number of rotatable bonds is 3. The van der Waals surface area contributed by atoms with Crippen LogP contribution in [0.1, 0.15) is 33.9 Å². The molecule has 0 spiro atoms. The summed E-state index contributed by atoms with van der Waals surface area (Å²) in [6.07, 6.45) is -1.04. The van der Waals surface area contributed by atoms with Crippen molar-refractivity contribution in [1.29, 1.82) is 0 Å². The van der Waals surface area contributed by atoms with E-state index < -0.39 is 11.9 Å². The highest BCUT2D eigenvalue weighted by atomic mass is 19.1. The average Bonchev–Trinajstić information content (AvgIpc) is 2.41. The number of aliphatic hydroxyl groups is 1. The summed E-state index contributed by atoms with van der Waals surface area (Å²) >= 11 is 0. The molecule has 0 aliphatic heterocycles. The van der Waals surface area contributed by atoms with Crippen molar-refractivity contribution in [1.82, 2.24) is 0 Å². The van der Waals surface area contributed by atoms with Gasteiger partial charge in [-0.2, -0.15) is 0 Å². The van der Waals surface area contributed by atoms with Gasteiger partial charge in [-0.3, -0.25) is 0 Å². The molecule has 3 heteroatoms. The summed E-state index contributed by atoms with van der Waals surface area (Å²) in [7, 11) is 1.56. The van der Waals surface area contributed by atoms with Crippen molar-refractivity contribution >= 4 is 0 Å². The van der Waals surface area contributed by atoms with E-state index in [2.05, 4.69) is 0 Å². The van der Waals surface area contributed by atoms with Gasteiger partial charge in [0.1, 0.15) is 17.7 Å². The molecule has 0 fully saturated rings. The molecule has 20 heavy (non-hydrogen) atoms. The molecule has 106 valence electrons. The first-order valence-corrected chi connectivity index (χ1v) is 6.54. The fourth-order valence-corrected chi connectivity index (χ4v) is 2.32. The molecule has 0 saturated heterocycles. The quantitative estimate of drug-likeness (QED) is 0.921. The van der Waals surface area contributed by atoms with Gasteiger partial charge in [-0.25, -0.2) is 4.39 Å². The molecule has 0 amide bonds. The van der Waals surface area contributed by atoms with E-state index in [1.54, 1.807) is 25.3 Å². The van der Waals surface area contributed by atoms with Crippen LogP contribution in [-0.2, 0) is 0 Å². The standard InChI is InChI=1S/C17H19FO2/c1-10-5-7-13(15(18)9-10)16(19)14-8-6-11(2)12(3)17(14)20-4/h5-9,16,19H,1-4H3. The normalized spacial score (nSPS) is 12.3. The Morgan fingerprint density at radius 2 is 1.70 bits per heavy atom. The summed E-state index contributed by atoms with van der Waals surface area (Å²) in [5.74, 6) is 0.204. The third-order valence-corrected chi connectivity index (χ3v) is 3.66. The van der Waals surface area contributed by atoms with Crippen LogP contribution < -0.4 is 4.74 Å². The Kier molecular flexibility index (Phi) is 4.09. The smallest absolute Gasteiger partial charge is 0.129 e. The molecule has 2 nitrogen and oxygen atoms in total. The first kappa shape index (κ1) is 14.5. The molecule has 0 heterocycles. The molecule has 0 aromatic heterocycles. The van der Waals surface area contributed by atoms with Crippen molar-refractivity contribution in [3.05, 3.63) is 64.0 Å². The van der Waals surface area contributed by atoms with E-state index in [-0.39, 0.29) is 5.56 Å². The van der Waals surface area contributed by atoms with Gasteiger partial charge in [0.05, 0.1) is 7.11 Å². The van der Waals surface area contributed by atoms with E-state index in [0.29, 0.717) is 11.3 Å². The summed E-state index contributed by atoms with van der Waals surface area (Å²) in [5, 5.41) is 10.5. The van der Waals surface area contributed by atoms with Crippen molar-refractivity contribution in [2.75, 3.05) is 7.11 Å². The molecule has 2 aromatic rings. The second kappa shape index (κ2) is 5.63. The van der Waals surface area contributed by atoms with Gasteiger partial charge in [0.25, 0.3) is 0 Å². The van der Waals surface area contributed by atoms with Crippen LogP contribution in [0.4, 0.5) is 4.39 Å². The van der Waals surface area contributed by atoms with Gasteiger partial charge < -0.3 is 9.84 Å². The zero-order valence-electron chi connectivity index (χ0n) is 12.2. The van der Waals surface area contributed by atoms with Crippen molar-refractivity contribution in [3.8, 4) is 5.75 Å². The fourth-order valence-electron chi connectivity index (χ4n) is 2.32. The van der Waals surface area contributed by atoms with Gasteiger partial charge in [0.15, 0.2) is 0 Å². The minimum Gasteiger partial charge on any atom is -0.496 e. The Bertz CT molecular complexity index is 635. The SMILES string of the molecule is COc1c(C(O)c2ccc(C)cc2F)ccc(C)c1C. The molecule has 1 unspecified atom stereocenters. The second-order valence-corrected chi connectivity index (χ2v) is 5.06. The van der Waals surface area contributed by atoms with Gasteiger partial charge >= 0.3 is 0 Å². The lowest BCUT2D eigenvalue weighted by Gasteiger charge is -2.19. The van der Waals surface area contributed by atoms with Gasteiger partial charge in [0.2, 0.25) is 0 Å². The molecule has 2 rings (SSSR count). The van der Waals surface area contributed by atoms with Gasteiger partial charge in [-0.15, -0.1) is 0 Å². The predicted molar refractivity (Wildman–Crippen MR) is 77.7 cm³/mol. The third-order valence-electron chi connectivity index (χ3n) is 3.66. The summed E-state index contributed by atoms with van der Waals surface area (Å²) in [6.45, 7) is 5.71. The number of aryl methyl sites for hydroxylation is 2. The summed E-state index contributed by atoms with van der Waals surface area (Å²) in [4.78, 5) is 0. The molecular weight excluding hydrogens is 255 g/mol. The van der Waals surface area contributed by atoms with E-state index in [1.165, 1.54) is 6.07 Å². The van der Waals surface area contributed by atoms with Gasteiger partial charge in [0, 0.05) is 11.1 Å². The molecule has 0 bridgehead atoms. The highest BCUT2D eigenvalue weighted by Crippen LogP contribution is 2.35. The van der Waals surface area contributed by atoms with Crippen molar-refractivity contribution in [2.45, 2.75) is 26.9 Å². The van der Waals surface area contributed by atoms with Crippen LogP contribution in [0.25, 0.3) is 0 Å². The molecule has 0 aliphatic rings. The van der Waals surface area contributed by atoms with Crippen LogP contribution in [-0.4, -0.2) is 12.2 Å². The highest BCUT2D eigenvalue weighted by molar-refractivity contribution is 5.49. The lowest BCUT2D eigenvalue weighted by molar-refractivity contribution is 0.209. The maximum atomic E-state index is 14.0. The third kappa shape index (κ3) is 2.54. The lowest BCUT2D eigenvalue weighted by atomic mass is 9.95. The number of ether oxygens (including phenoxy) is 1. The molecular formula is C17H19FO2. The van der Waals surface area contributed by atoms with Crippen molar-refractivity contribution < 1.29 is 14.2 Å². The number of halogens is 1. The molecule has 0 aliphatic carbocycles. The van der Waals surface area contributed by atoms with Crippen LogP contribution in [0.5, 0.6) is 5.75 Å². The first-order valence-electron chi connectivity index (χ1n) is 6.54. The Morgan fingerprint density at radius 1 is 1.05 bits per heavy atom. The van der Waals surface area contributed by atoms with Crippen LogP contribution >= 0.6 is 0 Å². The van der Waals surface area contributed by atoms with E-state index in [1.807, 2.05) is 26.8 Å². The Labute approximate surface area is 118 Å². The molecule has 2 aromatic carbocycles. The lowest BCUT2D eigenvalue weighted by Crippen LogP contribution is -2.06. The van der Waals surface area contributed by atoms with E-state index in [9.17, 15) is 9.50 Å². The largest absolute Gasteiger partial charge is 0.496 e. The Morgan fingerprint density at radius 3 is 2.30 bits per heavy atom. The molecule has 0 radical (unpaired) electrons. The van der Waals surface area contributed by atoms with Crippen LogP contribution in [0, 0.1) is 26.6 Å². The number of hydrogen-bond acceptors (Lipinski definition) is 2. The van der Waals surface area contributed by atoms with E-state index >= 15 is 0 Å². The Balaban J connectivity index is 2.53. The zero-order chi connectivity index (χ0) is 14.9. The van der Waals surface area contributed by atoms with Crippen molar-refractivity contribution in [2.24, 2.45) is 0 Å². The van der Waals surface area contributed by atoms with Crippen LogP contribution in [0.15, 0.2) is 30.3 Å². The molecule has 1 N–H and O–H groups in total. The molecule has 1 atom stereocenters. The maximum absolute atomic E-state index is 14.0. The number of methoxy groups -OCH3 is 1. The highest BCUT2D eigenvalue weighted by Gasteiger charge is 2.20. The second-order valence-electron chi connectivity index (χ2n) is 5.06. The topological polar surface area (TPSA) is 29.5 Å². The Hall–Kier alpha value is -1.87. The van der Waals surface area contributed by atoms with E-state index in [0.717, 1.165) is 16.7 Å². The van der Waals surface area contributed by atoms with Crippen LogP contribution in [0.2, 0.25) is 0 Å². The summed E-state index contributed by atoms with van der Waals surface area (Å²) in [6, 6.07) is 8.51. The van der Waals surface area contributed by atoms with E-state index in [4.69, 9.17) is 4.74 Å². The molecule has 0 saturated carbocycles. The average molecular weight is 274 g/mol. The summed E-state index contributed by atoms with van der Waals surface area (Å²) < 4.78 is 19.4. The minimum atomic E-state index is -1.04. The maximum Gasteiger partial charge on any atom is 0.129 e. The first-order chi connectivity index (χ1) is 9.45. The number of aliphatic hydroxyl groups excluding tert-OH is 1. The number of hydrogen-bond donors (Lipinski definition) is 1. The van der Waals surface area contributed by atoms with Crippen LogP contribution in [0.3, 0.4) is 0 Å². The summed E-state index contributed by atoms with van der Waals surface area (Å²) in [5.41, 5.74) is 3.69. The predicted octanol–water partition coefficient (Wildman–Crippen LogP) is 3.84. The fraction of sp³-hybridized carbons (Fsp3) is 0.294.